The molecule has 0 amide bonds. The SMILES string of the molecule is CC(NCCc1ccncc1)c1cnn(C)c1. The summed E-state index contributed by atoms with van der Waals surface area (Å²) in [7, 11) is 1.94. The van der Waals surface area contributed by atoms with Crippen LogP contribution in [0.5, 0.6) is 0 Å². The first kappa shape index (κ1) is 11.8. The van der Waals surface area contributed by atoms with Crippen molar-refractivity contribution in [3.8, 4) is 0 Å². The summed E-state index contributed by atoms with van der Waals surface area (Å²) >= 11 is 0. The van der Waals surface area contributed by atoms with E-state index in [-0.39, 0.29) is 0 Å². The summed E-state index contributed by atoms with van der Waals surface area (Å²) in [5.41, 5.74) is 2.54. The van der Waals surface area contributed by atoms with Crippen molar-refractivity contribution in [2.75, 3.05) is 6.54 Å². The first-order valence-corrected chi connectivity index (χ1v) is 5.86. The predicted molar refractivity (Wildman–Crippen MR) is 67.6 cm³/mol. The van der Waals surface area contributed by atoms with Gasteiger partial charge in [-0.15, -0.1) is 0 Å². The molecule has 0 saturated carbocycles. The van der Waals surface area contributed by atoms with Gasteiger partial charge in [-0.1, -0.05) is 0 Å². The van der Waals surface area contributed by atoms with Gasteiger partial charge in [0, 0.05) is 37.2 Å². The molecule has 0 bridgehead atoms. The third-order valence-corrected chi connectivity index (χ3v) is 2.84. The molecule has 1 N–H and O–H groups in total. The van der Waals surface area contributed by atoms with Crippen LogP contribution in [0.3, 0.4) is 0 Å². The number of aryl methyl sites for hydroxylation is 1. The highest BCUT2D eigenvalue weighted by atomic mass is 15.2. The van der Waals surface area contributed by atoms with E-state index in [0.717, 1.165) is 13.0 Å². The third-order valence-electron chi connectivity index (χ3n) is 2.84. The van der Waals surface area contributed by atoms with Crippen LogP contribution >= 0.6 is 0 Å². The van der Waals surface area contributed by atoms with E-state index in [9.17, 15) is 0 Å². The molecule has 1 unspecified atom stereocenters. The van der Waals surface area contributed by atoms with E-state index in [1.165, 1.54) is 11.1 Å². The second-order valence-corrected chi connectivity index (χ2v) is 4.23. The minimum absolute atomic E-state index is 0.338. The molecule has 2 rings (SSSR count). The van der Waals surface area contributed by atoms with Gasteiger partial charge < -0.3 is 5.32 Å². The summed E-state index contributed by atoms with van der Waals surface area (Å²) in [4.78, 5) is 4.01. The molecule has 2 heterocycles. The van der Waals surface area contributed by atoms with Crippen molar-refractivity contribution in [2.45, 2.75) is 19.4 Å². The quantitative estimate of drug-likeness (QED) is 0.850. The van der Waals surface area contributed by atoms with Crippen molar-refractivity contribution in [1.29, 1.82) is 0 Å². The van der Waals surface area contributed by atoms with Crippen LogP contribution in [0.4, 0.5) is 0 Å². The zero-order valence-corrected chi connectivity index (χ0v) is 10.3. The van der Waals surface area contributed by atoms with E-state index >= 15 is 0 Å². The topological polar surface area (TPSA) is 42.7 Å². The second-order valence-electron chi connectivity index (χ2n) is 4.23. The van der Waals surface area contributed by atoms with Gasteiger partial charge in [0.1, 0.15) is 0 Å². The summed E-state index contributed by atoms with van der Waals surface area (Å²) in [5, 5.41) is 7.66. The Balaban J connectivity index is 1.79. The molecule has 0 aliphatic heterocycles. The van der Waals surface area contributed by atoms with Crippen LogP contribution in [0.1, 0.15) is 24.1 Å². The second kappa shape index (κ2) is 5.59. The fourth-order valence-corrected chi connectivity index (χ4v) is 1.76. The zero-order chi connectivity index (χ0) is 12.1. The average Bonchev–Trinajstić information content (AvgIpc) is 2.77. The molecule has 0 fully saturated rings. The number of aromatic nitrogens is 3. The minimum Gasteiger partial charge on any atom is -0.310 e. The molecular weight excluding hydrogens is 212 g/mol. The van der Waals surface area contributed by atoms with Crippen LogP contribution in [0.25, 0.3) is 0 Å². The molecule has 4 nitrogen and oxygen atoms in total. The van der Waals surface area contributed by atoms with Crippen LogP contribution in [-0.2, 0) is 13.5 Å². The van der Waals surface area contributed by atoms with Crippen LogP contribution < -0.4 is 5.32 Å². The van der Waals surface area contributed by atoms with Gasteiger partial charge in [0.2, 0.25) is 0 Å². The summed E-state index contributed by atoms with van der Waals surface area (Å²) in [5.74, 6) is 0. The van der Waals surface area contributed by atoms with Gasteiger partial charge in [-0.2, -0.15) is 5.10 Å². The highest BCUT2D eigenvalue weighted by Gasteiger charge is 2.05. The smallest absolute Gasteiger partial charge is 0.0537 e. The van der Waals surface area contributed by atoms with Gasteiger partial charge >= 0.3 is 0 Å². The van der Waals surface area contributed by atoms with E-state index in [1.807, 2.05) is 36.5 Å². The molecule has 90 valence electrons. The zero-order valence-electron chi connectivity index (χ0n) is 10.3. The fraction of sp³-hybridized carbons (Fsp3) is 0.385. The molecule has 4 heteroatoms. The van der Waals surface area contributed by atoms with Gasteiger partial charge in [0.25, 0.3) is 0 Å². The van der Waals surface area contributed by atoms with Crippen molar-refractivity contribution in [1.82, 2.24) is 20.1 Å². The van der Waals surface area contributed by atoms with Gasteiger partial charge in [-0.3, -0.25) is 9.67 Å². The Labute approximate surface area is 102 Å². The standard InChI is InChI=1S/C13H18N4/c1-11(13-9-16-17(2)10-13)15-8-5-12-3-6-14-7-4-12/h3-4,6-7,9-11,15H,5,8H2,1-2H3. The van der Waals surface area contributed by atoms with E-state index in [0.29, 0.717) is 6.04 Å². The average molecular weight is 230 g/mol. The number of hydrogen-bond acceptors (Lipinski definition) is 3. The first-order valence-electron chi connectivity index (χ1n) is 5.86. The molecule has 0 aromatic carbocycles. The highest BCUT2D eigenvalue weighted by molar-refractivity contribution is 5.11. The largest absolute Gasteiger partial charge is 0.310 e. The van der Waals surface area contributed by atoms with E-state index in [4.69, 9.17) is 0 Å². The molecular formula is C13H18N4. The third kappa shape index (κ3) is 3.39. The summed E-state index contributed by atoms with van der Waals surface area (Å²) in [6.07, 6.45) is 8.64. The fourth-order valence-electron chi connectivity index (χ4n) is 1.76. The monoisotopic (exact) mass is 230 g/mol. The Kier molecular flexibility index (Phi) is 3.88. The maximum Gasteiger partial charge on any atom is 0.0537 e. The first-order chi connectivity index (χ1) is 8.25. The maximum atomic E-state index is 4.17. The number of rotatable bonds is 5. The Morgan fingerprint density at radius 2 is 2.12 bits per heavy atom. The molecule has 0 radical (unpaired) electrons. The van der Waals surface area contributed by atoms with Crippen molar-refractivity contribution >= 4 is 0 Å². The molecule has 1 atom stereocenters. The van der Waals surface area contributed by atoms with Crippen LogP contribution in [0.15, 0.2) is 36.9 Å². The lowest BCUT2D eigenvalue weighted by Gasteiger charge is -2.11. The Hall–Kier alpha value is -1.68. The molecule has 2 aromatic heterocycles. The summed E-state index contributed by atoms with van der Waals surface area (Å²) in [6.45, 7) is 3.11. The van der Waals surface area contributed by atoms with Crippen molar-refractivity contribution in [3.63, 3.8) is 0 Å². The Morgan fingerprint density at radius 3 is 2.76 bits per heavy atom. The van der Waals surface area contributed by atoms with Gasteiger partial charge in [0.15, 0.2) is 0 Å². The number of hydrogen-bond donors (Lipinski definition) is 1. The Bertz CT molecular complexity index is 449. The summed E-state index contributed by atoms with van der Waals surface area (Å²) < 4.78 is 1.83. The molecule has 0 spiro atoms. The van der Waals surface area contributed by atoms with Crippen LogP contribution in [0.2, 0.25) is 0 Å². The van der Waals surface area contributed by atoms with Crippen molar-refractivity contribution in [3.05, 3.63) is 48.0 Å². The molecule has 0 saturated heterocycles. The van der Waals surface area contributed by atoms with Crippen LogP contribution in [-0.4, -0.2) is 21.3 Å². The highest BCUT2D eigenvalue weighted by Crippen LogP contribution is 2.10. The normalized spacial score (nSPS) is 12.6. The number of pyridine rings is 1. The van der Waals surface area contributed by atoms with E-state index < -0.39 is 0 Å². The summed E-state index contributed by atoms with van der Waals surface area (Å²) in [6, 6.07) is 4.44. The number of nitrogens with one attached hydrogen (secondary N) is 1. The lowest BCUT2D eigenvalue weighted by atomic mass is 10.1. The van der Waals surface area contributed by atoms with Crippen molar-refractivity contribution in [2.24, 2.45) is 7.05 Å². The minimum atomic E-state index is 0.338. The Morgan fingerprint density at radius 1 is 1.35 bits per heavy atom. The van der Waals surface area contributed by atoms with Crippen molar-refractivity contribution < 1.29 is 0 Å². The van der Waals surface area contributed by atoms with E-state index in [1.54, 1.807) is 0 Å². The molecule has 17 heavy (non-hydrogen) atoms. The predicted octanol–water partition coefficient (Wildman–Crippen LogP) is 1.71. The van der Waals surface area contributed by atoms with Gasteiger partial charge in [0.05, 0.1) is 6.20 Å². The lowest BCUT2D eigenvalue weighted by Crippen LogP contribution is -2.21. The molecule has 2 aromatic rings. The van der Waals surface area contributed by atoms with E-state index in [2.05, 4.69) is 34.5 Å². The molecule has 0 aliphatic carbocycles. The molecule has 0 aliphatic rings. The maximum absolute atomic E-state index is 4.17. The number of nitrogens with zero attached hydrogens (tertiary/aromatic N) is 3. The van der Waals surface area contributed by atoms with Crippen LogP contribution in [0, 0.1) is 0 Å². The van der Waals surface area contributed by atoms with Gasteiger partial charge in [-0.05, 0) is 37.6 Å². The van der Waals surface area contributed by atoms with Gasteiger partial charge in [-0.25, -0.2) is 0 Å². The lowest BCUT2D eigenvalue weighted by molar-refractivity contribution is 0.576.